The summed E-state index contributed by atoms with van der Waals surface area (Å²) in [7, 11) is 0. The van der Waals surface area contributed by atoms with Crippen LogP contribution in [-0.4, -0.2) is 5.11 Å². The second-order valence-electron chi connectivity index (χ2n) is 1.91. The van der Waals surface area contributed by atoms with E-state index in [1.54, 1.807) is 12.1 Å². The van der Waals surface area contributed by atoms with E-state index in [9.17, 15) is 0 Å². The molecule has 0 heterocycles. The zero-order chi connectivity index (χ0) is 7.56. The number of phenolic OH excluding ortho intramolecular Hbond substituents is 1. The van der Waals surface area contributed by atoms with Gasteiger partial charge in [-0.15, -0.1) is 0 Å². The third kappa shape index (κ3) is 1.73. The predicted octanol–water partition coefficient (Wildman–Crippen LogP) is 3.05. The highest BCUT2D eigenvalue weighted by molar-refractivity contribution is 9.10. The summed E-state index contributed by atoms with van der Waals surface area (Å²) in [6.45, 7) is 0. The molecule has 54 valence electrons. The summed E-state index contributed by atoms with van der Waals surface area (Å²) in [6, 6.07) is 5.21. The van der Waals surface area contributed by atoms with Gasteiger partial charge in [0.05, 0.1) is 0 Å². The lowest BCUT2D eigenvalue weighted by Gasteiger charge is -1.98. The average Bonchev–Trinajstić information content (AvgIpc) is 1.88. The predicted molar refractivity (Wildman–Crippen MR) is 48.4 cm³/mol. The molecule has 1 rings (SSSR count). The Bertz CT molecular complexity index is 235. The average molecular weight is 266 g/mol. The Kier molecular flexibility index (Phi) is 2.74. The summed E-state index contributed by atoms with van der Waals surface area (Å²) in [6.07, 6.45) is 0. The van der Waals surface area contributed by atoms with Crippen LogP contribution >= 0.6 is 31.9 Å². The van der Waals surface area contributed by atoms with E-state index in [2.05, 4.69) is 31.9 Å². The third-order valence-electron chi connectivity index (χ3n) is 1.18. The fourth-order valence-electron chi connectivity index (χ4n) is 0.645. The minimum atomic E-state index is 0.288. The van der Waals surface area contributed by atoms with Crippen molar-refractivity contribution in [2.24, 2.45) is 0 Å². The number of benzene rings is 1. The van der Waals surface area contributed by atoms with E-state index in [4.69, 9.17) is 5.11 Å². The van der Waals surface area contributed by atoms with E-state index < -0.39 is 0 Å². The Hall–Kier alpha value is -0.0200. The molecule has 0 amide bonds. The van der Waals surface area contributed by atoms with Crippen molar-refractivity contribution in [1.29, 1.82) is 0 Å². The van der Waals surface area contributed by atoms with Crippen molar-refractivity contribution < 1.29 is 5.11 Å². The first-order valence-corrected chi connectivity index (χ1v) is 4.69. The molecule has 0 fully saturated rings. The number of hydrogen-bond donors (Lipinski definition) is 1. The molecule has 1 N–H and O–H groups in total. The summed E-state index contributed by atoms with van der Waals surface area (Å²) < 4.78 is 0.935. The lowest BCUT2D eigenvalue weighted by Crippen LogP contribution is -1.77. The van der Waals surface area contributed by atoms with Crippen LogP contribution in [0.15, 0.2) is 22.7 Å². The maximum absolute atomic E-state index is 8.99. The molecule has 1 nitrogen and oxygen atoms in total. The summed E-state index contributed by atoms with van der Waals surface area (Å²) in [5.74, 6) is 0.288. The Morgan fingerprint density at radius 3 is 2.60 bits per heavy atom. The van der Waals surface area contributed by atoms with Crippen molar-refractivity contribution in [1.82, 2.24) is 0 Å². The molecule has 0 radical (unpaired) electrons. The van der Waals surface area contributed by atoms with E-state index in [1.807, 2.05) is 6.07 Å². The molecule has 0 aliphatic heterocycles. The molecule has 3 heteroatoms. The van der Waals surface area contributed by atoms with Crippen molar-refractivity contribution in [3.63, 3.8) is 0 Å². The van der Waals surface area contributed by atoms with Gasteiger partial charge in [-0.05, 0) is 17.7 Å². The van der Waals surface area contributed by atoms with Crippen LogP contribution in [-0.2, 0) is 5.33 Å². The van der Waals surface area contributed by atoms with Crippen molar-refractivity contribution in [3.05, 3.63) is 28.2 Å². The molecule has 0 aliphatic rings. The van der Waals surface area contributed by atoms with Gasteiger partial charge in [0.1, 0.15) is 5.75 Å². The normalized spacial score (nSPS) is 9.80. The standard InChI is InChI=1S/C7H6Br2O/c8-4-5-1-2-6(10)3-7(5)9/h1-3,10H,4H2. The van der Waals surface area contributed by atoms with E-state index in [0.717, 1.165) is 15.4 Å². The van der Waals surface area contributed by atoms with Crippen molar-refractivity contribution in [2.75, 3.05) is 0 Å². The highest BCUT2D eigenvalue weighted by atomic mass is 79.9. The molecule has 0 saturated carbocycles. The smallest absolute Gasteiger partial charge is 0.116 e. The summed E-state index contributed by atoms with van der Waals surface area (Å²) in [5.41, 5.74) is 1.14. The van der Waals surface area contributed by atoms with Crippen LogP contribution < -0.4 is 0 Å². The van der Waals surface area contributed by atoms with Crippen molar-refractivity contribution in [2.45, 2.75) is 5.33 Å². The van der Waals surface area contributed by atoms with Gasteiger partial charge in [0, 0.05) is 9.80 Å². The van der Waals surface area contributed by atoms with Gasteiger partial charge in [-0.2, -0.15) is 0 Å². The minimum absolute atomic E-state index is 0.288. The quantitative estimate of drug-likeness (QED) is 0.774. The van der Waals surface area contributed by atoms with Crippen molar-refractivity contribution in [3.8, 4) is 5.75 Å². The molecule has 0 spiro atoms. The van der Waals surface area contributed by atoms with Crippen LogP contribution in [0.5, 0.6) is 5.75 Å². The zero-order valence-corrected chi connectivity index (χ0v) is 8.31. The lowest BCUT2D eigenvalue weighted by atomic mass is 10.2. The summed E-state index contributed by atoms with van der Waals surface area (Å²) >= 11 is 6.64. The third-order valence-corrected chi connectivity index (χ3v) is 2.52. The maximum atomic E-state index is 8.99. The number of rotatable bonds is 1. The van der Waals surface area contributed by atoms with Crippen LogP contribution in [0.4, 0.5) is 0 Å². The van der Waals surface area contributed by atoms with Gasteiger partial charge >= 0.3 is 0 Å². The Labute approximate surface area is 76.3 Å². The first-order valence-electron chi connectivity index (χ1n) is 2.77. The number of halogens is 2. The van der Waals surface area contributed by atoms with Gasteiger partial charge < -0.3 is 5.11 Å². The first-order chi connectivity index (χ1) is 4.74. The highest BCUT2D eigenvalue weighted by Gasteiger charge is 1.97. The van der Waals surface area contributed by atoms with Crippen molar-refractivity contribution >= 4 is 31.9 Å². The molecule has 0 atom stereocenters. The molecule has 0 aromatic heterocycles. The fraction of sp³-hybridized carbons (Fsp3) is 0.143. The summed E-state index contributed by atoms with van der Waals surface area (Å²) in [5, 5.41) is 9.79. The lowest BCUT2D eigenvalue weighted by molar-refractivity contribution is 0.475. The van der Waals surface area contributed by atoms with E-state index in [1.165, 1.54) is 0 Å². The number of alkyl halides is 1. The molecule has 0 aliphatic carbocycles. The van der Waals surface area contributed by atoms with E-state index >= 15 is 0 Å². The highest BCUT2D eigenvalue weighted by Crippen LogP contribution is 2.23. The molecular weight excluding hydrogens is 260 g/mol. The molecule has 0 saturated heterocycles. The zero-order valence-electron chi connectivity index (χ0n) is 5.14. The molecular formula is C7H6Br2O. The van der Waals surface area contributed by atoms with Crippen LogP contribution in [0.1, 0.15) is 5.56 Å². The van der Waals surface area contributed by atoms with E-state index in [0.29, 0.717) is 0 Å². The van der Waals surface area contributed by atoms with Gasteiger partial charge in [-0.25, -0.2) is 0 Å². The van der Waals surface area contributed by atoms with Gasteiger partial charge in [0.15, 0.2) is 0 Å². The SMILES string of the molecule is Oc1ccc(CBr)c(Br)c1. The Morgan fingerprint density at radius 1 is 1.40 bits per heavy atom. The Balaban J connectivity index is 3.07. The molecule has 10 heavy (non-hydrogen) atoms. The van der Waals surface area contributed by atoms with Gasteiger partial charge in [-0.1, -0.05) is 37.9 Å². The van der Waals surface area contributed by atoms with Gasteiger partial charge in [-0.3, -0.25) is 0 Å². The molecule has 0 unspecified atom stereocenters. The number of phenols is 1. The largest absolute Gasteiger partial charge is 0.508 e. The van der Waals surface area contributed by atoms with Gasteiger partial charge in [0.2, 0.25) is 0 Å². The molecule has 1 aromatic carbocycles. The first kappa shape index (κ1) is 8.08. The fourth-order valence-corrected chi connectivity index (χ4v) is 2.02. The molecule has 1 aromatic rings. The second-order valence-corrected chi connectivity index (χ2v) is 3.32. The van der Waals surface area contributed by atoms with Crippen LogP contribution in [0.2, 0.25) is 0 Å². The van der Waals surface area contributed by atoms with Crippen LogP contribution in [0, 0.1) is 0 Å². The van der Waals surface area contributed by atoms with Crippen LogP contribution in [0.3, 0.4) is 0 Å². The molecule has 0 bridgehead atoms. The van der Waals surface area contributed by atoms with E-state index in [-0.39, 0.29) is 5.75 Å². The number of hydrogen-bond acceptors (Lipinski definition) is 1. The minimum Gasteiger partial charge on any atom is -0.508 e. The van der Waals surface area contributed by atoms with Gasteiger partial charge in [0.25, 0.3) is 0 Å². The monoisotopic (exact) mass is 264 g/mol. The summed E-state index contributed by atoms with van der Waals surface area (Å²) in [4.78, 5) is 0. The topological polar surface area (TPSA) is 20.2 Å². The number of aromatic hydroxyl groups is 1. The second kappa shape index (κ2) is 3.39. The maximum Gasteiger partial charge on any atom is 0.116 e. The Morgan fingerprint density at radius 2 is 2.10 bits per heavy atom. The van der Waals surface area contributed by atoms with Crippen LogP contribution in [0.25, 0.3) is 0 Å².